The first-order valence-corrected chi connectivity index (χ1v) is 5.21. The lowest BCUT2D eigenvalue weighted by molar-refractivity contribution is -0.119. The SMILES string of the molecule is COC1=CC(=O)C2CCC(C)(C)C1=C2O. The van der Waals surface area contributed by atoms with E-state index in [-0.39, 0.29) is 22.9 Å². The van der Waals surface area contributed by atoms with Gasteiger partial charge in [-0.1, -0.05) is 13.8 Å². The van der Waals surface area contributed by atoms with E-state index in [1.807, 2.05) is 0 Å². The maximum atomic E-state index is 11.6. The van der Waals surface area contributed by atoms with Gasteiger partial charge in [0.25, 0.3) is 0 Å². The number of hydrogen-bond donors (Lipinski definition) is 1. The molecule has 2 rings (SSSR count). The van der Waals surface area contributed by atoms with Gasteiger partial charge >= 0.3 is 0 Å². The fraction of sp³-hybridized carbons (Fsp3) is 0.583. The van der Waals surface area contributed by atoms with Crippen LogP contribution in [-0.2, 0) is 9.53 Å². The maximum Gasteiger partial charge on any atom is 0.169 e. The van der Waals surface area contributed by atoms with Crippen molar-refractivity contribution in [2.75, 3.05) is 7.11 Å². The highest BCUT2D eigenvalue weighted by Crippen LogP contribution is 2.47. The van der Waals surface area contributed by atoms with Crippen LogP contribution in [0.2, 0.25) is 0 Å². The van der Waals surface area contributed by atoms with Crippen molar-refractivity contribution in [1.29, 1.82) is 0 Å². The Labute approximate surface area is 89.4 Å². The molecule has 0 radical (unpaired) electrons. The monoisotopic (exact) mass is 208 g/mol. The van der Waals surface area contributed by atoms with Crippen molar-refractivity contribution in [3.8, 4) is 0 Å². The number of aliphatic hydroxyl groups is 1. The number of ketones is 1. The maximum absolute atomic E-state index is 11.6. The molecule has 2 bridgehead atoms. The van der Waals surface area contributed by atoms with Crippen molar-refractivity contribution in [3.63, 3.8) is 0 Å². The Hall–Kier alpha value is -1.25. The lowest BCUT2D eigenvalue weighted by Gasteiger charge is -2.38. The van der Waals surface area contributed by atoms with Crippen LogP contribution in [0, 0.1) is 11.3 Å². The van der Waals surface area contributed by atoms with Crippen LogP contribution in [-0.4, -0.2) is 18.0 Å². The summed E-state index contributed by atoms with van der Waals surface area (Å²) in [6.45, 7) is 4.13. The Morgan fingerprint density at radius 3 is 2.80 bits per heavy atom. The molecule has 0 heterocycles. The summed E-state index contributed by atoms with van der Waals surface area (Å²) in [5.74, 6) is 0.379. The summed E-state index contributed by atoms with van der Waals surface area (Å²) in [5.41, 5.74) is 0.698. The minimum absolute atomic E-state index is 0.0383. The highest BCUT2D eigenvalue weighted by Gasteiger charge is 2.43. The van der Waals surface area contributed by atoms with E-state index in [4.69, 9.17) is 4.74 Å². The van der Waals surface area contributed by atoms with Gasteiger partial charge in [0.05, 0.1) is 13.0 Å². The predicted molar refractivity (Wildman–Crippen MR) is 56.3 cm³/mol. The standard InChI is InChI=1S/C12H16O3/c1-12(2)5-4-7-8(13)6-9(15-3)10(12)11(7)14/h6-7,14H,4-5H2,1-3H3. The van der Waals surface area contributed by atoms with Gasteiger partial charge in [-0.05, 0) is 18.3 Å². The molecule has 1 atom stereocenters. The van der Waals surface area contributed by atoms with Gasteiger partial charge < -0.3 is 9.84 Å². The molecule has 2 aliphatic rings. The summed E-state index contributed by atoms with van der Waals surface area (Å²) in [4.78, 5) is 11.6. The molecule has 0 aromatic carbocycles. The average molecular weight is 208 g/mol. The molecule has 0 spiro atoms. The number of hydrogen-bond acceptors (Lipinski definition) is 3. The van der Waals surface area contributed by atoms with Crippen molar-refractivity contribution in [1.82, 2.24) is 0 Å². The first-order chi connectivity index (χ1) is 6.97. The number of allylic oxidation sites excluding steroid dienone is 3. The molecule has 1 unspecified atom stereocenters. The zero-order valence-corrected chi connectivity index (χ0v) is 9.33. The Bertz CT molecular complexity index is 374. The van der Waals surface area contributed by atoms with E-state index in [0.29, 0.717) is 5.76 Å². The van der Waals surface area contributed by atoms with Gasteiger partial charge in [-0.2, -0.15) is 0 Å². The van der Waals surface area contributed by atoms with Gasteiger partial charge in [-0.25, -0.2) is 0 Å². The molecular formula is C12H16O3. The second kappa shape index (κ2) is 3.12. The van der Waals surface area contributed by atoms with E-state index < -0.39 is 0 Å². The third-order valence-electron chi connectivity index (χ3n) is 3.40. The van der Waals surface area contributed by atoms with Gasteiger partial charge in [0.2, 0.25) is 0 Å². The van der Waals surface area contributed by atoms with Crippen LogP contribution < -0.4 is 0 Å². The quantitative estimate of drug-likeness (QED) is 0.719. The molecule has 3 nitrogen and oxygen atoms in total. The third-order valence-corrected chi connectivity index (χ3v) is 3.40. The number of aliphatic hydroxyl groups excluding tert-OH is 1. The van der Waals surface area contributed by atoms with Gasteiger partial charge in [-0.15, -0.1) is 0 Å². The molecule has 0 aromatic rings. The fourth-order valence-corrected chi connectivity index (χ4v) is 2.49. The summed E-state index contributed by atoms with van der Waals surface area (Å²) in [7, 11) is 1.53. The number of rotatable bonds is 1. The van der Waals surface area contributed by atoms with Crippen molar-refractivity contribution in [2.45, 2.75) is 26.7 Å². The summed E-state index contributed by atoms with van der Waals surface area (Å²) in [6, 6.07) is 0. The van der Waals surface area contributed by atoms with E-state index in [1.54, 1.807) is 0 Å². The van der Waals surface area contributed by atoms with Crippen LogP contribution in [0.3, 0.4) is 0 Å². The molecule has 15 heavy (non-hydrogen) atoms. The van der Waals surface area contributed by atoms with E-state index in [2.05, 4.69) is 13.8 Å². The molecule has 82 valence electrons. The zero-order valence-electron chi connectivity index (χ0n) is 9.33. The number of methoxy groups -OCH3 is 1. The number of carbonyl (C=O) groups excluding carboxylic acids is 1. The molecule has 0 saturated heterocycles. The number of fused-ring (bicyclic) bond motifs is 1. The fourth-order valence-electron chi connectivity index (χ4n) is 2.49. The molecule has 3 heteroatoms. The minimum Gasteiger partial charge on any atom is -0.511 e. The smallest absolute Gasteiger partial charge is 0.169 e. The molecule has 0 fully saturated rings. The van der Waals surface area contributed by atoms with Crippen molar-refractivity contribution >= 4 is 5.78 Å². The van der Waals surface area contributed by atoms with Crippen LogP contribution in [0.5, 0.6) is 0 Å². The first kappa shape index (κ1) is 10.3. The van der Waals surface area contributed by atoms with E-state index >= 15 is 0 Å². The number of ether oxygens (including phenoxy) is 1. The van der Waals surface area contributed by atoms with Crippen LogP contribution in [0.15, 0.2) is 23.2 Å². The van der Waals surface area contributed by atoms with Crippen LogP contribution >= 0.6 is 0 Å². The Morgan fingerprint density at radius 2 is 2.20 bits per heavy atom. The van der Waals surface area contributed by atoms with Crippen LogP contribution in [0.25, 0.3) is 0 Å². The van der Waals surface area contributed by atoms with Gasteiger partial charge in [-0.3, -0.25) is 4.79 Å². The van der Waals surface area contributed by atoms with Crippen LogP contribution in [0.1, 0.15) is 26.7 Å². The first-order valence-electron chi connectivity index (χ1n) is 5.21. The van der Waals surface area contributed by atoms with Gasteiger partial charge in [0.15, 0.2) is 5.78 Å². The minimum atomic E-state index is -0.327. The normalized spacial score (nSPS) is 28.9. The van der Waals surface area contributed by atoms with Crippen molar-refractivity contribution in [2.24, 2.45) is 11.3 Å². The van der Waals surface area contributed by atoms with E-state index in [0.717, 1.165) is 18.4 Å². The lowest BCUT2D eigenvalue weighted by atomic mass is 9.67. The Kier molecular flexibility index (Phi) is 2.14. The molecule has 0 aliphatic heterocycles. The van der Waals surface area contributed by atoms with Gasteiger partial charge in [0, 0.05) is 11.6 Å². The average Bonchev–Trinajstić information content (AvgIpc) is 2.13. The molecule has 0 aromatic heterocycles. The highest BCUT2D eigenvalue weighted by molar-refractivity contribution is 5.96. The van der Waals surface area contributed by atoms with Crippen molar-refractivity contribution < 1.29 is 14.6 Å². The summed E-state index contributed by atoms with van der Waals surface area (Å²) in [5, 5.41) is 10.0. The second-order valence-corrected chi connectivity index (χ2v) is 4.85. The molecule has 1 N–H and O–H groups in total. The third kappa shape index (κ3) is 1.37. The molecule has 2 aliphatic carbocycles. The molecule has 0 saturated carbocycles. The summed E-state index contributed by atoms with van der Waals surface area (Å²) < 4.78 is 5.18. The van der Waals surface area contributed by atoms with Gasteiger partial charge in [0.1, 0.15) is 11.5 Å². The lowest BCUT2D eigenvalue weighted by Crippen LogP contribution is -2.34. The summed E-state index contributed by atoms with van der Waals surface area (Å²) in [6.07, 6.45) is 3.15. The Balaban J connectivity index is 2.56. The zero-order chi connectivity index (χ0) is 11.2. The largest absolute Gasteiger partial charge is 0.511 e. The summed E-state index contributed by atoms with van der Waals surface area (Å²) >= 11 is 0. The second-order valence-electron chi connectivity index (χ2n) is 4.85. The van der Waals surface area contributed by atoms with Crippen molar-refractivity contribution in [3.05, 3.63) is 23.2 Å². The number of carbonyl (C=O) groups is 1. The predicted octanol–water partition coefficient (Wildman–Crippen LogP) is 2.35. The molecule has 0 amide bonds. The Morgan fingerprint density at radius 1 is 1.53 bits per heavy atom. The van der Waals surface area contributed by atoms with Crippen LogP contribution in [0.4, 0.5) is 0 Å². The van der Waals surface area contributed by atoms with E-state index in [1.165, 1.54) is 13.2 Å². The topological polar surface area (TPSA) is 46.5 Å². The molecular weight excluding hydrogens is 192 g/mol. The highest BCUT2D eigenvalue weighted by atomic mass is 16.5. The van der Waals surface area contributed by atoms with E-state index in [9.17, 15) is 9.90 Å².